The van der Waals surface area contributed by atoms with Gasteiger partial charge >= 0.3 is 0 Å². The predicted molar refractivity (Wildman–Crippen MR) is 84.2 cm³/mol. The number of hydrogen-bond donors (Lipinski definition) is 1. The zero-order valence-corrected chi connectivity index (χ0v) is 13.7. The van der Waals surface area contributed by atoms with Crippen molar-refractivity contribution in [3.8, 4) is 0 Å². The molecule has 0 aromatic carbocycles. The maximum Gasteiger partial charge on any atom is 0.0837 e. The molecular formula is C15H27ClN4. The van der Waals surface area contributed by atoms with E-state index in [-0.39, 0.29) is 5.54 Å². The van der Waals surface area contributed by atoms with Gasteiger partial charge in [0.15, 0.2) is 0 Å². The van der Waals surface area contributed by atoms with E-state index in [0.29, 0.717) is 0 Å². The lowest BCUT2D eigenvalue weighted by Crippen LogP contribution is -2.43. The second-order valence-corrected chi connectivity index (χ2v) is 6.45. The van der Waals surface area contributed by atoms with Crippen LogP contribution in [0.2, 0.25) is 5.02 Å². The standard InChI is InChI=1S/C15H27ClN4/c1-4-15(8-6-5-7-9-17-15)14-13(16)12-18-20(14)11-10-19(2)3/h12,17H,4-11H2,1-3H3. The van der Waals surface area contributed by atoms with Crippen LogP contribution in [0.15, 0.2) is 6.20 Å². The smallest absolute Gasteiger partial charge is 0.0837 e. The molecule has 5 heteroatoms. The van der Waals surface area contributed by atoms with Crippen LogP contribution >= 0.6 is 11.6 Å². The summed E-state index contributed by atoms with van der Waals surface area (Å²) in [6, 6.07) is 0. The van der Waals surface area contributed by atoms with E-state index in [4.69, 9.17) is 11.6 Å². The third-order valence-corrected chi connectivity index (χ3v) is 4.63. The van der Waals surface area contributed by atoms with Crippen molar-refractivity contribution in [3.05, 3.63) is 16.9 Å². The van der Waals surface area contributed by atoms with Crippen LogP contribution in [0.25, 0.3) is 0 Å². The van der Waals surface area contributed by atoms with Crippen molar-refractivity contribution in [1.29, 1.82) is 0 Å². The molecule has 1 aromatic heterocycles. The molecule has 1 atom stereocenters. The van der Waals surface area contributed by atoms with Crippen molar-refractivity contribution >= 4 is 11.6 Å². The first-order chi connectivity index (χ1) is 9.59. The van der Waals surface area contributed by atoms with Gasteiger partial charge < -0.3 is 10.2 Å². The van der Waals surface area contributed by atoms with Crippen molar-refractivity contribution < 1.29 is 0 Å². The zero-order valence-electron chi connectivity index (χ0n) is 13.0. The molecule has 0 saturated carbocycles. The summed E-state index contributed by atoms with van der Waals surface area (Å²) in [6.07, 6.45) is 7.83. The van der Waals surface area contributed by atoms with E-state index in [2.05, 4.69) is 41.0 Å². The minimum absolute atomic E-state index is 0.00358. The monoisotopic (exact) mass is 298 g/mol. The van der Waals surface area contributed by atoms with Crippen molar-refractivity contribution in [2.24, 2.45) is 0 Å². The minimum Gasteiger partial charge on any atom is -0.308 e. The summed E-state index contributed by atoms with van der Waals surface area (Å²) in [5, 5.41) is 9.07. The molecule has 0 bridgehead atoms. The van der Waals surface area contributed by atoms with Crippen molar-refractivity contribution in [2.75, 3.05) is 27.2 Å². The van der Waals surface area contributed by atoms with Crippen LogP contribution in [0.3, 0.4) is 0 Å². The number of nitrogens with zero attached hydrogens (tertiary/aromatic N) is 3. The Labute approximate surface area is 127 Å². The van der Waals surface area contributed by atoms with E-state index >= 15 is 0 Å². The molecule has 2 rings (SSSR count). The first-order valence-corrected chi connectivity index (χ1v) is 8.08. The molecule has 0 amide bonds. The van der Waals surface area contributed by atoms with Gasteiger partial charge in [0.2, 0.25) is 0 Å². The normalized spacial score (nSPS) is 24.1. The Kier molecular flexibility index (Phi) is 5.47. The van der Waals surface area contributed by atoms with Gasteiger partial charge in [0.25, 0.3) is 0 Å². The number of halogens is 1. The van der Waals surface area contributed by atoms with Gasteiger partial charge in [-0.25, -0.2) is 0 Å². The summed E-state index contributed by atoms with van der Waals surface area (Å²) in [7, 11) is 4.18. The van der Waals surface area contributed by atoms with E-state index in [9.17, 15) is 0 Å². The fourth-order valence-electron chi connectivity index (χ4n) is 3.12. The third kappa shape index (κ3) is 3.35. The number of nitrogens with one attached hydrogen (secondary N) is 1. The number of aromatic nitrogens is 2. The summed E-state index contributed by atoms with van der Waals surface area (Å²) in [5.74, 6) is 0. The van der Waals surface area contributed by atoms with Gasteiger partial charge in [0, 0.05) is 6.54 Å². The highest BCUT2D eigenvalue weighted by molar-refractivity contribution is 6.31. The van der Waals surface area contributed by atoms with Crippen molar-refractivity contribution in [2.45, 2.75) is 51.1 Å². The van der Waals surface area contributed by atoms with Gasteiger partial charge in [-0.1, -0.05) is 31.4 Å². The SMILES string of the molecule is CCC1(c2c(Cl)cnn2CCN(C)C)CCCCCN1. The topological polar surface area (TPSA) is 33.1 Å². The zero-order chi connectivity index (χ0) is 14.6. The maximum absolute atomic E-state index is 6.48. The molecule has 2 heterocycles. The summed E-state index contributed by atoms with van der Waals surface area (Å²) in [6.45, 7) is 5.18. The molecule has 0 spiro atoms. The largest absolute Gasteiger partial charge is 0.308 e. The Bertz CT molecular complexity index is 420. The van der Waals surface area contributed by atoms with E-state index in [1.807, 2.05) is 0 Å². The maximum atomic E-state index is 6.48. The van der Waals surface area contributed by atoms with E-state index in [0.717, 1.165) is 37.5 Å². The van der Waals surface area contributed by atoms with Gasteiger partial charge in [-0.15, -0.1) is 0 Å². The van der Waals surface area contributed by atoms with E-state index < -0.39 is 0 Å². The Morgan fingerprint density at radius 3 is 2.90 bits per heavy atom. The molecule has 20 heavy (non-hydrogen) atoms. The Balaban J connectivity index is 2.30. The lowest BCUT2D eigenvalue weighted by atomic mass is 9.87. The quantitative estimate of drug-likeness (QED) is 0.907. The van der Waals surface area contributed by atoms with Gasteiger partial charge in [0.05, 0.1) is 29.0 Å². The van der Waals surface area contributed by atoms with Crippen molar-refractivity contribution in [1.82, 2.24) is 20.0 Å². The van der Waals surface area contributed by atoms with E-state index in [1.54, 1.807) is 6.20 Å². The predicted octanol–water partition coefficient (Wildman–Crippen LogP) is 2.87. The summed E-state index contributed by atoms with van der Waals surface area (Å²) >= 11 is 6.48. The number of hydrogen-bond acceptors (Lipinski definition) is 3. The second-order valence-electron chi connectivity index (χ2n) is 6.04. The van der Waals surface area contributed by atoms with Gasteiger partial charge in [-0.2, -0.15) is 5.10 Å². The van der Waals surface area contributed by atoms with E-state index in [1.165, 1.54) is 25.0 Å². The average molecular weight is 299 g/mol. The van der Waals surface area contributed by atoms with Crippen LogP contribution in [-0.2, 0) is 12.1 Å². The summed E-state index contributed by atoms with van der Waals surface area (Å²) in [5.41, 5.74) is 1.18. The van der Waals surface area contributed by atoms with Crippen LogP contribution in [-0.4, -0.2) is 41.9 Å². The van der Waals surface area contributed by atoms with Gasteiger partial charge in [0.1, 0.15) is 0 Å². The molecule has 1 saturated heterocycles. The summed E-state index contributed by atoms with van der Waals surface area (Å²) in [4.78, 5) is 2.18. The molecule has 4 nitrogen and oxygen atoms in total. The lowest BCUT2D eigenvalue weighted by Gasteiger charge is -2.34. The molecular weight excluding hydrogens is 272 g/mol. The molecule has 1 aromatic rings. The van der Waals surface area contributed by atoms with Gasteiger partial charge in [-0.05, 0) is 39.9 Å². The number of rotatable bonds is 5. The Morgan fingerprint density at radius 1 is 1.40 bits per heavy atom. The van der Waals surface area contributed by atoms with Crippen LogP contribution in [0.1, 0.15) is 44.7 Å². The molecule has 1 aliphatic heterocycles. The summed E-state index contributed by atoms with van der Waals surface area (Å²) < 4.78 is 2.10. The number of likely N-dealkylation sites (N-methyl/N-ethyl adjacent to an activating group) is 1. The molecule has 114 valence electrons. The lowest BCUT2D eigenvalue weighted by molar-refractivity contribution is 0.278. The molecule has 0 radical (unpaired) electrons. The van der Waals surface area contributed by atoms with Crippen LogP contribution < -0.4 is 5.32 Å². The molecule has 1 aliphatic rings. The highest BCUT2D eigenvalue weighted by Gasteiger charge is 2.35. The molecule has 1 N–H and O–H groups in total. The first-order valence-electron chi connectivity index (χ1n) is 7.70. The Morgan fingerprint density at radius 2 is 2.20 bits per heavy atom. The van der Waals surface area contributed by atoms with Crippen LogP contribution in [0.5, 0.6) is 0 Å². The third-order valence-electron chi connectivity index (χ3n) is 4.35. The highest BCUT2D eigenvalue weighted by Crippen LogP contribution is 2.36. The van der Waals surface area contributed by atoms with Gasteiger partial charge in [-0.3, -0.25) is 4.68 Å². The fraction of sp³-hybridized carbons (Fsp3) is 0.800. The molecule has 1 unspecified atom stereocenters. The van der Waals surface area contributed by atoms with Crippen LogP contribution in [0.4, 0.5) is 0 Å². The molecule has 0 aliphatic carbocycles. The molecule has 1 fully saturated rings. The van der Waals surface area contributed by atoms with Crippen molar-refractivity contribution in [3.63, 3.8) is 0 Å². The fourth-order valence-corrected chi connectivity index (χ4v) is 3.44. The highest BCUT2D eigenvalue weighted by atomic mass is 35.5. The Hall–Kier alpha value is -0.580. The van der Waals surface area contributed by atoms with Crippen LogP contribution in [0, 0.1) is 0 Å². The minimum atomic E-state index is -0.00358. The second kappa shape index (κ2) is 6.92. The first kappa shape index (κ1) is 15.8. The average Bonchev–Trinajstić information content (AvgIpc) is 2.65.